The Balaban J connectivity index is 1.75. The average molecular weight is 262 g/mol. The molecule has 19 heavy (non-hydrogen) atoms. The average Bonchev–Trinajstić information content (AvgIpc) is 2.78. The first kappa shape index (κ1) is 13.9. The molecule has 0 aromatic heterocycles. The van der Waals surface area contributed by atoms with E-state index in [-0.39, 0.29) is 11.9 Å². The Bertz CT molecular complexity index is 432. The zero-order valence-corrected chi connectivity index (χ0v) is 11.6. The van der Waals surface area contributed by atoms with Crippen molar-refractivity contribution in [1.82, 2.24) is 10.6 Å². The van der Waals surface area contributed by atoms with Crippen molar-refractivity contribution >= 4 is 5.91 Å². The van der Waals surface area contributed by atoms with E-state index in [4.69, 9.17) is 4.74 Å². The standard InChI is InChI=1S/C15H22N2O2/c1-11(2)16-9-5-8-15(18)17-13-10-19-14-7-4-3-6-12(13)14/h3-4,6-7,11,13,16H,5,8-10H2,1-2H3,(H,17,18). The molecule has 2 rings (SSSR count). The lowest BCUT2D eigenvalue weighted by Crippen LogP contribution is -2.30. The number of hydrogen-bond acceptors (Lipinski definition) is 3. The SMILES string of the molecule is CC(C)NCCCC(=O)NC1COc2ccccc21. The van der Waals surface area contributed by atoms with Crippen molar-refractivity contribution in [2.45, 2.75) is 38.8 Å². The third-order valence-electron chi connectivity index (χ3n) is 3.17. The summed E-state index contributed by atoms with van der Waals surface area (Å²) in [6.07, 6.45) is 1.41. The van der Waals surface area contributed by atoms with E-state index in [0.717, 1.165) is 24.3 Å². The van der Waals surface area contributed by atoms with Gasteiger partial charge < -0.3 is 15.4 Å². The first-order valence-corrected chi connectivity index (χ1v) is 6.91. The molecule has 1 heterocycles. The van der Waals surface area contributed by atoms with Crippen LogP contribution in [-0.2, 0) is 4.79 Å². The number of carbonyl (C=O) groups excluding carboxylic acids is 1. The molecule has 1 aliphatic rings. The Morgan fingerprint density at radius 1 is 1.42 bits per heavy atom. The summed E-state index contributed by atoms with van der Waals surface area (Å²) < 4.78 is 5.54. The molecule has 1 amide bonds. The molecular weight excluding hydrogens is 240 g/mol. The highest BCUT2D eigenvalue weighted by molar-refractivity contribution is 5.76. The minimum atomic E-state index is 0.00163. The van der Waals surface area contributed by atoms with Crippen LogP contribution < -0.4 is 15.4 Å². The van der Waals surface area contributed by atoms with Crippen molar-refractivity contribution in [2.75, 3.05) is 13.2 Å². The summed E-state index contributed by atoms with van der Waals surface area (Å²) in [5, 5.41) is 6.34. The van der Waals surface area contributed by atoms with Gasteiger partial charge >= 0.3 is 0 Å². The molecule has 2 N–H and O–H groups in total. The van der Waals surface area contributed by atoms with Crippen LogP contribution in [0, 0.1) is 0 Å². The molecule has 0 aliphatic carbocycles. The van der Waals surface area contributed by atoms with Gasteiger partial charge in [0.15, 0.2) is 0 Å². The third-order valence-corrected chi connectivity index (χ3v) is 3.17. The number of hydrogen-bond donors (Lipinski definition) is 2. The molecule has 0 spiro atoms. The van der Waals surface area contributed by atoms with E-state index in [9.17, 15) is 4.79 Å². The number of para-hydroxylation sites is 1. The van der Waals surface area contributed by atoms with Crippen LogP contribution in [-0.4, -0.2) is 25.1 Å². The topological polar surface area (TPSA) is 50.4 Å². The molecule has 4 nitrogen and oxygen atoms in total. The van der Waals surface area contributed by atoms with Crippen LogP contribution in [0.4, 0.5) is 0 Å². The summed E-state index contributed by atoms with van der Waals surface area (Å²) in [7, 11) is 0. The van der Waals surface area contributed by atoms with Gasteiger partial charge in [0.1, 0.15) is 12.4 Å². The molecule has 104 valence electrons. The second-order valence-electron chi connectivity index (χ2n) is 5.18. The quantitative estimate of drug-likeness (QED) is 0.771. The normalized spacial score (nSPS) is 17.1. The predicted octanol–water partition coefficient (Wildman–Crippen LogP) is 2.01. The van der Waals surface area contributed by atoms with Crippen molar-refractivity contribution in [2.24, 2.45) is 0 Å². The predicted molar refractivity (Wildman–Crippen MR) is 75.2 cm³/mol. The molecule has 0 saturated carbocycles. The van der Waals surface area contributed by atoms with Gasteiger partial charge in [-0.05, 0) is 19.0 Å². The monoisotopic (exact) mass is 262 g/mol. The van der Waals surface area contributed by atoms with E-state index in [1.807, 2.05) is 24.3 Å². The number of ether oxygens (including phenoxy) is 1. The Labute approximate surface area is 114 Å². The molecule has 1 atom stereocenters. The zero-order valence-electron chi connectivity index (χ0n) is 11.6. The highest BCUT2D eigenvalue weighted by Gasteiger charge is 2.24. The molecule has 0 radical (unpaired) electrons. The summed E-state index contributed by atoms with van der Waals surface area (Å²) in [5.41, 5.74) is 1.08. The first-order valence-electron chi connectivity index (χ1n) is 6.91. The fourth-order valence-electron chi connectivity index (χ4n) is 2.19. The molecule has 0 saturated heterocycles. The Morgan fingerprint density at radius 3 is 3.00 bits per heavy atom. The summed E-state index contributed by atoms with van der Waals surface area (Å²) in [6, 6.07) is 8.33. The van der Waals surface area contributed by atoms with Crippen LogP contribution >= 0.6 is 0 Å². The summed E-state index contributed by atoms with van der Waals surface area (Å²) in [6.45, 7) is 5.62. The van der Waals surface area contributed by atoms with E-state index in [1.165, 1.54) is 0 Å². The van der Waals surface area contributed by atoms with Crippen molar-refractivity contribution in [3.8, 4) is 5.75 Å². The van der Waals surface area contributed by atoms with Crippen molar-refractivity contribution in [1.29, 1.82) is 0 Å². The van der Waals surface area contributed by atoms with Gasteiger partial charge in [0, 0.05) is 18.0 Å². The fourth-order valence-corrected chi connectivity index (χ4v) is 2.19. The van der Waals surface area contributed by atoms with Gasteiger partial charge in [-0.2, -0.15) is 0 Å². The van der Waals surface area contributed by atoms with Gasteiger partial charge in [-0.15, -0.1) is 0 Å². The van der Waals surface area contributed by atoms with E-state index in [1.54, 1.807) is 0 Å². The molecule has 1 unspecified atom stereocenters. The van der Waals surface area contributed by atoms with Gasteiger partial charge in [-0.25, -0.2) is 0 Å². The summed E-state index contributed by atoms with van der Waals surface area (Å²) in [5.74, 6) is 0.977. The van der Waals surface area contributed by atoms with Crippen LogP contribution in [0.25, 0.3) is 0 Å². The minimum absolute atomic E-state index is 0.00163. The minimum Gasteiger partial charge on any atom is -0.491 e. The Kier molecular flexibility index (Phi) is 4.80. The largest absolute Gasteiger partial charge is 0.491 e. The highest BCUT2D eigenvalue weighted by Crippen LogP contribution is 2.31. The summed E-state index contributed by atoms with van der Waals surface area (Å²) in [4.78, 5) is 11.9. The molecule has 0 fully saturated rings. The van der Waals surface area contributed by atoms with Gasteiger partial charge in [0.25, 0.3) is 0 Å². The molecule has 4 heteroatoms. The Morgan fingerprint density at radius 2 is 2.21 bits per heavy atom. The molecule has 1 aromatic carbocycles. The van der Waals surface area contributed by atoms with E-state index in [0.29, 0.717) is 19.1 Å². The Hall–Kier alpha value is -1.55. The van der Waals surface area contributed by atoms with Crippen LogP contribution in [0.2, 0.25) is 0 Å². The smallest absolute Gasteiger partial charge is 0.220 e. The number of amides is 1. The number of benzene rings is 1. The summed E-state index contributed by atoms with van der Waals surface area (Å²) >= 11 is 0. The lowest BCUT2D eigenvalue weighted by Gasteiger charge is -2.12. The van der Waals surface area contributed by atoms with Gasteiger partial charge in [0.05, 0.1) is 6.04 Å². The fraction of sp³-hybridized carbons (Fsp3) is 0.533. The number of rotatable bonds is 6. The van der Waals surface area contributed by atoms with E-state index in [2.05, 4.69) is 24.5 Å². The molecule has 1 aromatic rings. The highest BCUT2D eigenvalue weighted by atomic mass is 16.5. The lowest BCUT2D eigenvalue weighted by molar-refractivity contribution is -0.122. The van der Waals surface area contributed by atoms with Crippen LogP contribution in [0.15, 0.2) is 24.3 Å². The zero-order chi connectivity index (χ0) is 13.7. The van der Waals surface area contributed by atoms with Crippen LogP contribution in [0.5, 0.6) is 5.75 Å². The number of carbonyl (C=O) groups is 1. The lowest BCUT2D eigenvalue weighted by atomic mass is 10.1. The van der Waals surface area contributed by atoms with Gasteiger partial charge in [-0.1, -0.05) is 32.0 Å². The first-order chi connectivity index (χ1) is 9.16. The van der Waals surface area contributed by atoms with Crippen LogP contribution in [0.1, 0.15) is 38.3 Å². The van der Waals surface area contributed by atoms with Crippen LogP contribution in [0.3, 0.4) is 0 Å². The van der Waals surface area contributed by atoms with Gasteiger partial charge in [0.2, 0.25) is 5.91 Å². The second kappa shape index (κ2) is 6.57. The third kappa shape index (κ3) is 3.96. The maximum absolute atomic E-state index is 11.9. The van der Waals surface area contributed by atoms with Crippen molar-refractivity contribution in [3.05, 3.63) is 29.8 Å². The van der Waals surface area contributed by atoms with Crippen molar-refractivity contribution in [3.63, 3.8) is 0 Å². The maximum atomic E-state index is 11.9. The molecule has 0 bridgehead atoms. The number of nitrogens with one attached hydrogen (secondary N) is 2. The van der Waals surface area contributed by atoms with E-state index < -0.39 is 0 Å². The maximum Gasteiger partial charge on any atom is 0.220 e. The second-order valence-corrected chi connectivity index (χ2v) is 5.18. The van der Waals surface area contributed by atoms with Gasteiger partial charge in [-0.3, -0.25) is 4.79 Å². The van der Waals surface area contributed by atoms with E-state index >= 15 is 0 Å². The molecular formula is C15H22N2O2. The molecule has 1 aliphatic heterocycles. The number of fused-ring (bicyclic) bond motifs is 1. The van der Waals surface area contributed by atoms with Crippen molar-refractivity contribution < 1.29 is 9.53 Å².